The molecule has 2 N–H and O–H groups in total. The van der Waals surface area contributed by atoms with Crippen molar-refractivity contribution in [2.24, 2.45) is 0 Å². The molecule has 5 nitrogen and oxygen atoms in total. The maximum absolute atomic E-state index is 12.0. The van der Waals surface area contributed by atoms with Gasteiger partial charge in [0, 0.05) is 25.3 Å². The molecule has 0 spiro atoms. The molecule has 1 aromatic heterocycles. The van der Waals surface area contributed by atoms with Gasteiger partial charge >= 0.3 is 0 Å². The quantitative estimate of drug-likeness (QED) is 0.889. The van der Waals surface area contributed by atoms with E-state index in [-0.39, 0.29) is 5.91 Å². The van der Waals surface area contributed by atoms with Gasteiger partial charge in [-0.25, -0.2) is 0 Å². The Morgan fingerprint density at radius 1 is 1.27 bits per heavy atom. The van der Waals surface area contributed by atoms with E-state index in [1.807, 2.05) is 6.07 Å². The van der Waals surface area contributed by atoms with Gasteiger partial charge in [-0.15, -0.1) is 0 Å². The van der Waals surface area contributed by atoms with Gasteiger partial charge in [0.2, 0.25) is 0 Å². The highest BCUT2D eigenvalue weighted by Gasteiger charge is 2.23. The second-order valence-electron chi connectivity index (χ2n) is 5.79. The van der Waals surface area contributed by atoms with Gasteiger partial charge in [-0.3, -0.25) is 14.8 Å². The number of aromatic nitrogens is 2. The Hall–Kier alpha value is -2.14. The van der Waals surface area contributed by atoms with Crippen LogP contribution >= 0.6 is 0 Å². The maximum Gasteiger partial charge on any atom is 0.269 e. The summed E-state index contributed by atoms with van der Waals surface area (Å²) in [6.45, 7) is 2.73. The number of carbonyl (C=O) groups is 1. The highest BCUT2D eigenvalue weighted by atomic mass is 16.1. The molecule has 1 aliphatic rings. The van der Waals surface area contributed by atoms with Gasteiger partial charge in [-0.05, 0) is 31.0 Å². The van der Waals surface area contributed by atoms with Crippen molar-refractivity contribution in [3.05, 3.63) is 53.9 Å². The number of nitrogens with zero attached hydrogens (tertiary/aromatic N) is 2. The number of H-pyrrole nitrogens is 1. The standard InChI is InChI=1S/C17H22N4O/c22-17(16-9-10-19-20-16)18-12-15-8-4-5-11-21(15)13-14-6-2-1-3-7-14/h1-3,6-7,9-10,15H,4-5,8,11-13H2,(H,18,22)(H,19,20). The van der Waals surface area contributed by atoms with Gasteiger partial charge < -0.3 is 5.32 Å². The van der Waals surface area contributed by atoms with Crippen molar-refractivity contribution in [3.8, 4) is 0 Å². The van der Waals surface area contributed by atoms with Crippen LogP contribution in [0.25, 0.3) is 0 Å². The molecule has 2 aromatic rings. The van der Waals surface area contributed by atoms with Crippen molar-refractivity contribution in [2.45, 2.75) is 31.8 Å². The lowest BCUT2D eigenvalue weighted by atomic mass is 10.0. The summed E-state index contributed by atoms with van der Waals surface area (Å²) in [5, 5.41) is 9.53. The number of carbonyl (C=O) groups excluding carboxylic acids is 1. The van der Waals surface area contributed by atoms with E-state index < -0.39 is 0 Å². The number of rotatable bonds is 5. The first-order valence-electron chi connectivity index (χ1n) is 7.88. The van der Waals surface area contributed by atoms with E-state index in [2.05, 4.69) is 44.7 Å². The molecule has 1 atom stereocenters. The largest absolute Gasteiger partial charge is 0.349 e. The minimum atomic E-state index is -0.0808. The fourth-order valence-electron chi connectivity index (χ4n) is 3.01. The van der Waals surface area contributed by atoms with Gasteiger partial charge in [-0.2, -0.15) is 5.10 Å². The van der Waals surface area contributed by atoms with Gasteiger partial charge in [0.25, 0.3) is 5.91 Å². The van der Waals surface area contributed by atoms with E-state index in [4.69, 9.17) is 0 Å². The van der Waals surface area contributed by atoms with Crippen molar-refractivity contribution in [2.75, 3.05) is 13.1 Å². The van der Waals surface area contributed by atoms with E-state index in [0.717, 1.165) is 19.5 Å². The lowest BCUT2D eigenvalue weighted by molar-refractivity contribution is 0.0903. The molecule has 1 aliphatic heterocycles. The van der Waals surface area contributed by atoms with Crippen LogP contribution in [0.2, 0.25) is 0 Å². The van der Waals surface area contributed by atoms with Crippen molar-refractivity contribution >= 4 is 5.91 Å². The zero-order chi connectivity index (χ0) is 15.2. The van der Waals surface area contributed by atoms with Gasteiger partial charge in [-0.1, -0.05) is 36.8 Å². The molecule has 0 aliphatic carbocycles. The van der Waals surface area contributed by atoms with Crippen LogP contribution in [0.4, 0.5) is 0 Å². The maximum atomic E-state index is 12.0. The van der Waals surface area contributed by atoms with E-state index in [0.29, 0.717) is 18.3 Å². The lowest BCUT2D eigenvalue weighted by Crippen LogP contribution is -2.46. The predicted octanol–water partition coefficient (Wildman–Crippen LogP) is 2.19. The van der Waals surface area contributed by atoms with E-state index >= 15 is 0 Å². The second kappa shape index (κ2) is 7.22. The lowest BCUT2D eigenvalue weighted by Gasteiger charge is -2.35. The van der Waals surface area contributed by atoms with Crippen molar-refractivity contribution in [1.82, 2.24) is 20.4 Å². The Labute approximate surface area is 130 Å². The molecule has 1 aromatic carbocycles. The summed E-state index contributed by atoms with van der Waals surface area (Å²) in [7, 11) is 0. The summed E-state index contributed by atoms with van der Waals surface area (Å²) in [6, 6.07) is 12.6. The number of nitrogens with one attached hydrogen (secondary N) is 2. The number of likely N-dealkylation sites (tertiary alicyclic amines) is 1. The van der Waals surface area contributed by atoms with Gasteiger partial charge in [0.05, 0.1) is 0 Å². The van der Waals surface area contributed by atoms with E-state index in [1.165, 1.54) is 18.4 Å². The molecule has 5 heteroatoms. The Bertz CT molecular complexity index is 582. The average molecular weight is 298 g/mol. The third-order valence-electron chi connectivity index (χ3n) is 4.22. The first-order chi connectivity index (χ1) is 10.8. The summed E-state index contributed by atoms with van der Waals surface area (Å²) >= 11 is 0. The van der Waals surface area contributed by atoms with Crippen molar-refractivity contribution < 1.29 is 4.79 Å². The fraction of sp³-hybridized carbons (Fsp3) is 0.412. The predicted molar refractivity (Wildman–Crippen MR) is 85.4 cm³/mol. The normalized spacial score (nSPS) is 19.0. The Morgan fingerprint density at radius 2 is 2.14 bits per heavy atom. The minimum absolute atomic E-state index is 0.0808. The minimum Gasteiger partial charge on any atom is -0.349 e. The number of aromatic amines is 1. The Balaban J connectivity index is 1.57. The van der Waals surface area contributed by atoms with Crippen molar-refractivity contribution in [3.63, 3.8) is 0 Å². The second-order valence-corrected chi connectivity index (χ2v) is 5.79. The highest BCUT2D eigenvalue weighted by Crippen LogP contribution is 2.19. The molecule has 116 valence electrons. The van der Waals surface area contributed by atoms with Crippen LogP contribution in [0.15, 0.2) is 42.6 Å². The highest BCUT2D eigenvalue weighted by molar-refractivity contribution is 5.92. The van der Waals surface area contributed by atoms with Crippen molar-refractivity contribution in [1.29, 1.82) is 0 Å². The zero-order valence-electron chi connectivity index (χ0n) is 12.7. The average Bonchev–Trinajstić information content (AvgIpc) is 3.09. The fourth-order valence-corrected chi connectivity index (χ4v) is 3.01. The number of benzene rings is 1. The molecular weight excluding hydrogens is 276 g/mol. The summed E-state index contributed by atoms with van der Waals surface area (Å²) < 4.78 is 0. The summed E-state index contributed by atoms with van der Waals surface area (Å²) in [4.78, 5) is 14.5. The number of hydrogen-bond donors (Lipinski definition) is 2. The third kappa shape index (κ3) is 3.74. The van der Waals surface area contributed by atoms with Crippen LogP contribution in [0, 0.1) is 0 Å². The SMILES string of the molecule is O=C(NCC1CCCCN1Cc1ccccc1)c1ccn[nH]1. The first kappa shape index (κ1) is 14.8. The van der Waals surface area contributed by atoms with Gasteiger partial charge in [0.1, 0.15) is 5.69 Å². The molecule has 0 radical (unpaired) electrons. The summed E-state index contributed by atoms with van der Waals surface area (Å²) in [5.74, 6) is -0.0808. The molecule has 1 unspecified atom stereocenters. The third-order valence-corrected chi connectivity index (χ3v) is 4.22. The Kier molecular flexibility index (Phi) is 4.85. The van der Waals surface area contributed by atoms with Crippen LogP contribution in [0.3, 0.4) is 0 Å². The number of amides is 1. The molecule has 0 saturated carbocycles. The van der Waals surface area contributed by atoms with Crippen LogP contribution in [0.5, 0.6) is 0 Å². The van der Waals surface area contributed by atoms with Crippen LogP contribution in [0.1, 0.15) is 35.3 Å². The molecule has 0 bridgehead atoms. The van der Waals surface area contributed by atoms with Crippen LogP contribution in [-0.2, 0) is 6.54 Å². The molecule has 1 amide bonds. The number of piperidine rings is 1. The van der Waals surface area contributed by atoms with Gasteiger partial charge in [0.15, 0.2) is 0 Å². The molecule has 3 rings (SSSR count). The molecule has 1 saturated heterocycles. The van der Waals surface area contributed by atoms with E-state index in [9.17, 15) is 4.79 Å². The molecule has 2 heterocycles. The van der Waals surface area contributed by atoms with Crippen LogP contribution in [-0.4, -0.2) is 40.1 Å². The topological polar surface area (TPSA) is 61.0 Å². The monoisotopic (exact) mass is 298 g/mol. The number of hydrogen-bond acceptors (Lipinski definition) is 3. The van der Waals surface area contributed by atoms with E-state index in [1.54, 1.807) is 12.3 Å². The summed E-state index contributed by atoms with van der Waals surface area (Å²) in [5.41, 5.74) is 1.85. The summed E-state index contributed by atoms with van der Waals surface area (Å²) in [6.07, 6.45) is 5.20. The Morgan fingerprint density at radius 3 is 2.91 bits per heavy atom. The molecular formula is C17H22N4O. The first-order valence-corrected chi connectivity index (χ1v) is 7.88. The molecule has 22 heavy (non-hydrogen) atoms. The molecule has 1 fully saturated rings. The smallest absolute Gasteiger partial charge is 0.269 e. The van der Waals surface area contributed by atoms with Crippen LogP contribution < -0.4 is 5.32 Å². The zero-order valence-corrected chi connectivity index (χ0v) is 12.7.